The van der Waals surface area contributed by atoms with Crippen molar-refractivity contribution in [3.05, 3.63) is 59.7 Å². The summed E-state index contributed by atoms with van der Waals surface area (Å²) in [5.74, 6) is 1.54. The molecule has 2 aromatic rings. The Balaban J connectivity index is 1.25. The van der Waals surface area contributed by atoms with Crippen LogP contribution in [0.5, 0.6) is 11.5 Å². The standard InChI is InChI=1S/C21H23NO4/c23-21(17-6-7-19-20(14-17)25-13-12-24-19)26-11-10-22-9-8-18(15-22)16-4-2-1-3-5-16/h1-7,14,18H,8-13,15H2/t18-/m1/s1. The molecule has 0 amide bonds. The third-order valence-electron chi connectivity index (χ3n) is 4.96. The van der Waals surface area contributed by atoms with Gasteiger partial charge in [-0.2, -0.15) is 0 Å². The summed E-state index contributed by atoms with van der Waals surface area (Å²) in [7, 11) is 0. The van der Waals surface area contributed by atoms with Crippen LogP contribution in [0.3, 0.4) is 0 Å². The number of benzene rings is 2. The highest BCUT2D eigenvalue weighted by atomic mass is 16.6. The van der Waals surface area contributed by atoms with Crippen LogP contribution >= 0.6 is 0 Å². The fourth-order valence-electron chi connectivity index (χ4n) is 3.55. The largest absolute Gasteiger partial charge is 0.486 e. The van der Waals surface area contributed by atoms with Gasteiger partial charge < -0.3 is 14.2 Å². The summed E-state index contributed by atoms with van der Waals surface area (Å²) in [5.41, 5.74) is 1.89. The Morgan fingerprint density at radius 1 is 1.08 bits per heavy atom. The number of hydrogen-bond donors (Lipinski definition) is 0. The predicted octanol–water partition coefficient (Wildman–Crippen LogP) is 3.10. The van der Waals surface area contributed by atoms with Gasteiger partial charge in [-0.05, 0) is 42.6 Å². The third-order valence-corrected chi connectivity index (χ3v) is 4.96. The lowest BCUT2D eigenvalue weighted by atomic mass is 9.99. The minimum atomic E-state index is -0.319. The van der Waals surface area contributed by atoms with E-state index in [1.807, 2.05) is 6.07 Å². The monoisotopic (exact) mass is 353 g/mol. The fraction of sp³-hybridized carbons (Fsp3) is 0.381. The molecule has 2 aliphatic heterocycles. The average molecular weight is 353 g/mol. The second-order valence-electron chi connectivity index (χ2n) is 6.69. The summed E-state index contributed by atoms with van der Waals surface area (Å²) in [6.07, 6.45) is 1.15. The molecule has 0 saturated carbocycles. The summed E-state index contributed by atoms with van der Waals surface area (Å²) in [4.78, 5) is 14.6. The Morgan fingerprint density at radius 2 is 1.88 bits per heavy atom. The Morgan fingerprint density at radius 3 is 2.73 bits per heavy atom. The van der Waals surface area contributed by atoms with Crippen molar-refractivity contribution in [1.82, 2.24) is 4.90 Å². The van der Waals surface area contributed by atoms with E-state index >= 15 is 0 Å². The molecule has 0 aliphatic carbocycles. The van der Waals surface area contributed by atoms with E-state index in [1.54, 1.807) is 18.2 Å². The van der Waals surface area contributed by atoms with Crippen molar-refractivity contribution >= 4 is 5.97 Å². The molecule has 1 saturated heterocycles. The number of carbonyl (C=O) groups is 1. The number of esters is 1. The molecule has 0 aromatic heterocycles. The Bertz CT molecular complexity index is 762. The van der Waals surface area contributed by atoms with Gasteiger partial charge in [0.25, 0.3) is 0 Å². The molecule has 1 atom stereocenters. The Hall–Kier alpha value is -2.53. The van der Waals surface area contributed by atoms with Crippen molar-refractivity contribution in [2.75, 3.05) is 39.5 Å². The molecular weight excluding hydrogens is 330 g/mol. The first kappa shape index (κ1) is 16.9. The third kappa shape index (κ3) is 3.83. The number of ether oxygens (including phenoxy) is 3. The summed E-state index contributed by atoms with van der Waals surface area (Å²) in [6, 6.07) is 15.8. The lowest BCUT2D eigenvalue weighted by molar-refractivity contribution is 0.0471. The van der Waals surface area contributed by atoms with Gasteiger partial charge in [0.05, 0.1) is 5.56 Å². The van der Waals surface area contributed by atoms with Crippen molar-refractivity contribution < 1.29 is 19.0 Å². The van der Waals surface area contributed by atoms with Crippen molar-refractivity contribution in [2.45, 2.75) is 12.3 Å². The highest BCUT2D eigenvalue weighted by Gasteiger charge is 2.23. The van der Waals surface area contributed by atoms with Gasteiger partial charge in [0, 0.05) is 13.1 Å². The van der Waals surface area contributed by atoms with E-state index in [9.17, 15) is 4.79 Å². The van der Waals surface area contributed by atoms with Gasteiger partial charge in [-0.15, -0.1) is 0 Å². The number of fused-ring (bicyclic) bond motifs is 1. The Kier molecular flexibility index (Phi) is 5.07. The van der Waals surface area contributed by atoms with Crippen molar-refractivity contribution in [1.29, 1.82) is 0 Å². The van der Waals surface area contributed by atoms with Crippen LogP contribution in [0.25, 0.3) is 0 Å². The van der Waals surface area contributed by atoms with Gasteiger partial charge in [0.15, 0.2) is 11.5 Å². The molecule has 2 heterocycles. The zero-order chi connectivity index (χ0) is 17.8. The van der Waals surface area contributed by atoms with Gasteiger partial charge in [0.2, 0.25) is 0 Å². The van der Waals surface area contributed by atoms with E-state index in [0.29, 0.717) is 42.8 Å². The van der Waals surface area contributed by atoms with E-state index in [-0.39, 0.29) is 5.97 Å². The van der Waals surface area contributed by atoms with Crippen LogP contribution in [0.4, 0.5) is 0 Å². The molecule has 0 spiro atoms. The van der Waals surface area contributed by atoms with Crippen molar-refractivity contribution in [3.63, 3.8) is 0 Å². The molecule has 4 rings (SSSR count). The fourth-order valence-corrected chi connectivity index (χ4v) is 3.55. The summed E-state index contributed by atoms with van der Waals surface area (Å²) in [5, 5.41) is 0. The van der Waals surface area contributed by atoms with Gasteiger partial charge in [-0.1, -0.05) is 30.3 Å². The second kappa shape index (κ2) is 7.79. The first-order valence-corrected chi connectivity index (χ1v) is 9.14. The van der Waals surface area contributed by atoms with Gasteiger partial charge in [0.1, 0.15) is 19.8 Å². The van der Waals surface area contributed by atoms with E-state index in [2.05, 4.69) is 29.2 Å². The van der Waals surface area contributed by atoms with Gasteiger partial charge in [-0.3, -0.25) is 4.90 Å². The number of carbonyl (C=O) groups excluding carboxylic acids is 1. The molecule has 1 fully saturated rings. The van der Waals surface area contributed by atoms with Crippen LogP contribution in [0.15, 0.2) is 48.5 Å². The minimum absolute atomic E-state index is 0.319. The minimum Gasteiger partial charge on any atom is -0.486 e. The first-order chi connectivity index (χ1) is 12.8. The quantitative estimate of drug-likeness (QED) is 0.773. The summed E-state index contributed by atoms with van der Waals surface area (Å²) in [6.45, 7) is 4.26. The zero-order valence-electron chi connectivity index (χ0n) is 14.7. The lowest BCUT2D eigenvalue weighted by Gasteiger charge is -2.19. The topological polar surface area (TPSA) is 48.0 Å². The number of likely N-dealkylation sites (tertiary alicyclic amines) is 1. The van der Waals surface area contributed by atoms with E-state index in [4.69, 9.17) is 14.2 Å². The van der Waals surface area contributed by atoms with E-state index in [0.717, 1.165) is 26.1 Å². The zero-order valence-corrected chi connectivity index (χ0v) is 14.7. The molecule has 26 heavy (non-hydrogen) atoms. The van der Waals surface area contributed by atoms with E-state index < -0.39 is 0 Å². The van der Waals surface area contributed by atoms with Crippen molar-refractivity contribution in [2.24, 2.45) is 0 Å². The molecule has 0 N–H and O–H groups in total. The van der Waals surface area contributed by atoms with Crippen LogP contribution in [0.1, 0.15) is 28.3 Å². The summed E-state index contributed by atoms with van der Waals surface area (Å²) >= 11 is 0. The summed E-state index contributed by atoms with van der Waals surface area (Å²) < 4.78 is 16.4. The number of nitrogens with zero attached hydrogens (tertiary/aromatic N) is 1. The smallest absolute Gasteiger partial charge is 0.338 e. The Labute approximate surface area is 153 Å². The van der Waals surface area contributed by atoms with Crippen LogP contribution in [-0.2, 0) is 4.74 Å². The molecule has 2 aliphatic rings. The first-order valence-electron chi connectivity index (χ1n) is 9.14. The highest BCUT2D eigenvalue weighted by molar-refractivity contribution is 5.90. The van der Waals surface area contributed by atoms with Crippen molar-refractivity contribution in [3.8, 4) is 11.5 Å². The van der Waals surface area contributed by atoms with Crippen LogP contribution in [0, 0.1) is 0 Å². The maximum atomic E-state index is 12.3. The lowest BCUT2D eigenvalue weighted by Crippen LogP contribution is -2.26. The molecule has 5 nitrogen and oxygen atoms in total. The predicted molar refractivity (Wildman–Crippen MR) is 98.0 cm³/mol. The SMILES string of the molecule is O=C(OCCN1CC[C@@H](c2ccccc2)C1)c1ccc2c(c1)OCCO2. The maximum absolute atomic E-state index is 12.3. The normalized spacial score (nSPS) is 19.3. The molecule has 0 unspecified atom stereocenters. The molecular formula is C21H23NO4. The van der Waals surface area contributed by atoms with Crippen LogP contribution in [0.2, 0.25) is 0 Å². The average Bonchev–Trinajstić information content (AvgIpc) is 3.17. The molecule has 2 aromatic carbocycles. The molecule has 0 bridgehead atoms. The molecule has 0 radical (unpaired) electrons. The van der Waals surface area contributed by atoms with Gasteiger partial charge >= 0.3 is 5.97 Å². The number of rotatable bonds is 5. The van der Waals surface area contributed by atoms with Gasteiger partial charge in [-0.25, -0.2) is 4.79 Å². The second-order valence-corrected chi connectivity index (χ2v) is 6.69. The maximum Gasteiger partial charge on any atom is 0.338 e. The number of hydrogen-bond acceptors (Lipinski definition) is 5. The van der Waals surface area contributed by atoms with Crippen LogP contribution < -0.4 is 9.47 Å². The molecule has 136 valence electrons. The highest BCUT2D eigenvalue weighted by Crippen LogP contribution is 2.31. The molecule has 5 heteroatoms. The van der Waals surface area contributed by atoms with Crippen LogP contribution in [-0.4, -0.2) is 50.3 Å². The van der Waals surface area contributed by atoms with E-state index in [1.165, 1.54) is 5.56 Å².